The van der Waals surface area contributed by atoms with Crippen LogP contribution in [0.3, 0.4) is 0 Å². The maximum Gasteiger partial charge on any atom is 0.411 e. The van der Waals surface area contributed by atoms with Gasteiger partial charge in [0.05, 0.1) is 12.6 Å². The summed E-state index contributed by atoms with van der Waals surface area (Å²) in [4.78, 5) is 53.8. The van der Waals surface area contributed by atoms with Crippen LogP contribution in [0.2, 0.25) is 0 Å². The number of hydrogen-bond acceptors (Lipinski definition) is 8. The number of carboxylic acid groups (broad SMARTS) is 1. The largest absolute Gasteiger partial charge is 0.479 e. The number of rotatable bonds is 14. The van der Waals surface area contributed by atoms with Crippen molar-refractivity contribution in [2.45, 2.75) is 95.9 Å². The van der Waals surface area contributed by atoms with Gasteiger partial charge in [-0.05, 0) is 78.3 Å². The van der Waals surface area contributed by atoms with E-state index < -0.39 is 47.0 Å². The van der Waals surface area contributed by atoms with Crippen LogP contribution in [0.4, 0.5) is 4.79 Å². The zero-order valence-electron chi connectivity index (χ0n) is 23.0. The van der Waals surface area contributed by atoms with Crippen molar-refractivity contribution in [3.63, 3.8) is 0 Å². The van der Waals surface area contributed by atoms with Gasteiger partial charge >= 0.3 is 18.0 Å². The zero-order valence-corrected chi connectivity index (χ0v) is 23.0. The Hall–Kier alpha value is -2.98. The highest BCUT2D eigenvalue weighted by Gasteiger charge is 2.58. The van der Waals surface area contributed by atoms with Crippen molar-refractivity contribution in [3.05, 3.63) is 35.9 Å². The van der Waals surface area contributed by atoms with E-state index in [-0.39, 0.29) is 26.0 Å². The van der Waals surface area contributed by atoms with Crippen molar-refractivity contribution in [1.82, 2.24) is 10.2 Å². The molecule has 1 saturated heterocycles. The van der Waals surface area contributed by atoms with E-state index in [1.165, 1.54) is 0 Å². The van der Waals surface area contributed by atoms with Crippen LogP contribution in [0.25, 0.3) is 0 Å². The first kappa shape index (κ1) is 31.2. The summed E-state index contributed by atoms with van der Waals surface area (Å²) in [5.41, 5.74) is 3.72. The summed E-state index contributed by atoms with van der Waals surface area (Å²) >= 11 is 0. The number of likely N-dealkylation sites (tertiary alicyclic amines) is 1. The van der Waals surface area contributed by atoms with Gasteiger partial charge in [-0.3, -0.25) is 19.8 Å². The average molecular weight is 534 g/mol. The van der Waals surface area contributed by atoms with Gasteiger partial charge < -0.3 is 20.3 Å². The Labute approximate surface area is 225 Å². The molecule has 1 fully saturated rings. The molecular formula is C28H43N3O7. The van der Waals surface area contributed by atoms with E-state index in [1.54, 1.807) is 27.7 Å². The lowest BCUT2D eigenvalue weighted by molar-refractivity contribution is -0.156. The second-order valence-electron chi connectivity index (χ2n) is 10.6. The Morgan fingerprint density at radius 1 is 1.11 bits per heavy atom. The third kappa shape index (κ3) is 8.26. The van der Waals surface area contributed by atoms with Crippen molar-refractivity contribution < 1.29 is 33.8 Å². The number of hydrogen-bond donors (Lipinski definition) is 3. The molecule has 0 bridgehead atoms. The molecule has 4 N–H and O–H groups in total. The number of esters is 1. The number of carboxylic acids is 1. The maximum absolute atomic E-state index is 14.1. The summed E-state index contributed by atoms with van der Waals surface area (Å²) < 4.78 is 10.7. The number of ether oxygens (including phenoxy) is 2. The van der Waals surface area contributed by atoms with Crippen LogP contribution in [0.1, 0.15) is 71.8 Å². The third-order valence-corrected chi connectivity index (χ3v) is 6.56. The molecular weight excluding hydrogens is 490 g/mol. The van der Waals surface area contributed by atoms with Gasteiger partial charge in [0.2, 0.25) is 5.54 Å². The number of benzene rings is 1. The quantitative estimate of drug-likeness (QED) is 0.186. The van der Waals surface area contributed by atoms with Crippen molar-refractivity contribution in [2.75, 3.05) is 19.7 Å². The minimum Gasteiger partial charge on any atom is -0.479 e. The highest BCUT2D eigenvalue weighted by molar-refractivity contribution is 6.12. The van der Waals surface area contributed by atoms with Gasteiger partial charge in [-0.1, -0.05) is 36.8 Å². The van der Waals surface area contributed by atoms with Crippen LogP contribution in [0.15, 0.2) is 30.3 Å². The third-order valence-electron chi connectivity index (χ3n) is 6.56. The number of nitrogens with one attached hydrogen (secondary N) is 1. The van der Waals surface area contributed by atoms with E-state index in [2.05, 4.69) is 5.32 Å². The number of carbonyl (C=O) groups excluding carboxylic acids is 3. The van der Waals surface area contributed by atoms with Gasteiger partial charge in [0, 0.05) is 6.54 Å². The van der Waals surface area contributed by atoms with Crippen LogP contribution >= 0.6 is 0 Å². The van der Waals surface area contributed by atoms with Crippen LogP contribution in [-0.4, -0.2) is 76.7 Å². The number of nitrogens with zero attached hydrogens (tertiary/aromatic N) is 1. The molecule has 2 rings (SSSR count). The van der Waals surface area contributed by atoms with Crippen molar-refractivity contribution >= 4 is 23.8 Å². The van der Waals surface area contributed by atoms with Crippen LogP contribution < -0.4 is 11.1 Å². The zero-order chi connectivity index (χ0) is 28.3. The number of aryl methyl sites for hydroxylation is 1. The molecule has 0 radical (unpaired) electrons. The molecule has 1 aromatic rings. The Balaban J connectivity index is 2.38. The number of nitrogens with two attached hydrogens (primary N) is 1. The maximum atomic E-state index is 14.1. The number of Topliss-reactive ketones (excluding diaryl/α,β-unsaturated/α-hetero) is 1. The first-order valence-electron chi connectivity index (χ1n) is 13.4. The van der Waals surface area contributed by atoms with E-state index in [0.717, 1.165) is 10.5 Å². The Bertz CT molecular complexity index is 948. The lowest BCUT2D eigenvalue weighted by Crippen LogP contribution is -2.64. The second kappa shape index (κ2) is 14.2. The van der Waals surface area contributed by atoms with E-state index >= 15 is 0 Å². The molecule has 3 atom stereocenters. The Kier molecular flexibility index (Phi) is 11.7. The molecule has 1 amide bonds. The first-order valence-corrected chi connectivity index (χ1v) is 13.4. The van der Waals surface area contributed by atoms with Crippen molar-refractivity contribution in [3.8, 4) is 0 Å². The Morgan fingerprint density at radius 2 is 1.79 bits per heavy atom. The molecule has 0 aromatic heterocycles. The summed E-state index contributed by atoms with van der Waals surface area (Å²) in [7, 11) is 0. The Morgan fingerprint density at radius 3 is 2.37 bits per heavy atom. The molecule has 1 aromatic carbocycles. The summed E-state index contributed by atoms with van der Waals surface area (Å²) in [6, 6.07) is 7.76. The fourth-order valence-electron chi connectivity index (χ4n) is 4.75. The lowest BCUT2D eigenvalue weighted by Gasteiger charge is -2.37. The first-order chi connectivity index (χ1) is 18.0. The van der Waals surface area contributed by atoms with E-state index in [1.807, 2.05) is 30.3 Å². The predicted octanol–water partition coefficient (Wildman–Crippen LogP) is 3.06. The molecule has 38 heavy (non-hydrogen) atoms. The highest BCUT2D eigenvalue weighted by atomic mass is 16.6. The topological polar surface area (TPSA) is 148 Å². The molecule has 0 spiro atoms. The minimum atomic E-state index is -2.10. The number of carbonyl (C=O) groups is 4. The second-order valence-corrected chi connectivity index (χ2v) is 10.6. The van der Waals surface area contributed by atoms with Crippen molar-refractivity contribution in [1.29, 1.82) is 0 Å². The van der Waals surface area contributed by atoms with Crippen LogP contribution in [0, 0.1) is 0 Å². The van der Waals surface area contributed by atoms with Gasteiger partial charge in [-0.2, -0.15) is 0 Å². The van der Waals surface area contributed by atoms with Gasteiger partial charge in [0.25, 0.3) is 0 Å². The molecule has 10 heteroatoms. The molecule has 1 aliphatic heterocycles. The smallest absolute Gasteiger partial charge is 0.411 e. The number of aliphatic carboxylic acids is 1. The highest BCUT2D eigenvalue weighted by Crippen LogP contribution is 2.34. The normalized spacial score (nSPS) is 19.0. The summed E-state index contributed by atoms with van der Waals surface area (Å²) in [6.45, 7) is 7.39. The fourth-order valence-corrected chi connectivity index (χ4v) is 4.75. The minimum absolute atomic E-state index is 0.0381. The van der Waals surface area contributed by atoms with E-state index in [9.17, 15) is 24.3 Å². The number of unbranched alkanes of at least 4 members (excludes halogenated alkanes) is 1. The predicted molar refractivity (Wildman–Crippen MR) is 143 cm³/mol. The van der Waals surface area contributed by atoms with E-state index in [0.29, 0.717) is 38.6 Å². The monoisotopic (exact) mass is 533 g/mol. The van der Waals surface area contributed by atoms with Crippen molar-refractivity contribution in [2.24, 2.45) is 5.73 Å². The molecule has 1 heterocycles. The lowest BCUT2D eigenvalue weighted by atomic mass is 9.84. The molecule has 1 aliphatic rings. The molecule has 10 nitrogen and oxygen atoms in total. The van der Waals surface area contributed by atoms with Gasteiger partial charge in [-0.25, -0.2) is 9.59 Å². The summed E-state index contributed by atoms with van der Waals surface area (Å²) in [5.74, 6) is -2.59. The summed E-state index contributed by atoms with van der Waals surface area (Å²) in [5, 5.41) is 13.5. The molecule has 0 saturated carbocycles. The standard InChI is InChI=1S/C28H43N3O7/c1-5-37-24(33)22(16-15-20-12-7-6-8-13-20)30-21(14-9-10-18-29)23(32)28(25(34)35)17-11-19-31(28)26(36)38-27(2,3)4/h6-8,12-13,21-22,30H,5,9-11,14-19,29H2,1-4H3,(H,34,35)/t21-,22?,28+/m0/s1. The van der Waals surface area contributed by atoms with Gasteiger partial charge in [0.1, 0.15) is 11.6 Å². The van der Waals surface area contributed by atoms with Gasteiger partial charge in [-0.15, -0.1) is 0 Å². The molecule has 1 unspecified atom stereocenters. The van der Waals surface area contributed by atoms with Crippen LogP contribution in [-0.2, 0) is 30.3 Å². The SMILES string of the molecule is CCOC(=O)C(CCc1ccccc1)N[C@@H](CCCCN)C(=O)[C@@]1(C(=O)O)CCCN1C(=O)OC(C)(C)C. The fraction of sp³-hybridized carbons (Fsp3) is 0.643. The molecule has 212 valence electrons. The van der Waals surface area contributed by atoms with Crippen LogP contribution in [0.5, 0.6) is 0 Å². The average Bonchev–Trinajstić information content (AvgIpc) is 3.31. The van der Waals surface area contributed by atoms with E-state index in [4.69, 9.17) is 15.2 Å². The number of amides is 1. The summed E-state index contributed by atoms with van der Waals surface area (Å²) in [6.07, 6.45) is 1.76. The number of ketones is 1. The van der Waals surface area contributed by atoms with Gasteiger partial charge in [0.15, 0.2) is 5.78 Å². The molecule has 0 aliphatic carbocycles.